The largest absolute Gasteiger partial charge is 0.508 e. The van der Waals surface area contributed by atoms with Gasteiger partial charge < -0.3 is 5.11 Å². The molecule has 0 radical (unpaired) electrons. The van der Waals surface area contributed by atoms with Crippen LogP contribution in [0.4, 0.5) is 0 Å². The standard InChI is InChI=1S/C23H22BrNO3S/c1-16-6-10-20(11-7-16)29(27,28)25-13-12-17-8-9-19(26)15-21(17)23(25)14-18-4-2-3-5-22(18)24/h2-11,15,23,26H,12-14H2,1H3. The van der Waals surface area contributed by atoms with E-state index in [1.165, 1.54) is 0 Å². The lowest BCUT2D eigenvalue weighted by Gasteiger charge is -2.37. The van der Waals surface area contributed by atoms with Crippen molar-refractivity contribution in [3.63, 3.8) is 0 Å². The smallest absolute Gasteiger partial charge is 0.243 e. The fourth-order valence-electron chi connectivity index (χ4n) is 3.88. The molecule has 0 bridgehead atoms. The molecule has 150 valence electrons. The highest BCUT2D eigenvalue weighted by atomic mass is 79.9. The number of rotatable bonds is 4. The average molecular weight is 472 g/mol. The summed E-state index contributed by atoms with van der Waals surface area (Å²) in [5.41, 5.74) is 3.98. The Morgan fingerprint density at radius 1 is 1.07 bits per heavy atom. The Morgan fingerprint density at radius 2 is 1.79 bits per heavy atom. The highest BCUT2D eigenvalue weighted by molar-refractivity contribution is 9.10. The van der Waals surface area contributed by atoms with Crippen molar-refractivity contribution in [3.8, 4) is 5.75 Å². The van der Waals surface area contributed by atoms with Gasteiger partial charge in [-0.05, 0) is 66.8 Å². The lowest BCUT2D eigenvalue weighted by Crippen LogP contribution is -2.41. The molecule has 0 spiro atoms. The van der Waals surface area contributed by atoms with Crippen LogP contribution in [0.5, 0.6) is 5.75 Å². The number of aryl methyl sites for hydroxylation is 1. The second kappa shape index (κ2) is 7.94. The minimum Gasteiger partial charge on any atom is -0.508 e. The molecule has 6 heteroatoms. The molecule has 3 aromatic carbocycles. The summed E-state index contributed by atoms with van der Waals surface area (Å²) in [5.74, 6) is 0.149. The number of hydrogen-bond donors (Lipinski definition) is 1. The lowest BCUT2D eigenvalue weighted by atomic mass is 9.90. The fraction of sp³-hybridized carbons (Fsp3) is 0.217. The molecular formula is C23H22BrNO3S. The molecule has 29 heavy (non-hydrogen) atoms. The summed E-state index contributed by atoms with van der Waals surface area (Å²) in [6.45, 7) is 2.34. The van der Waals surface area contributed by atoms with E-state index in [9.17, 15) is 13.5 Å². The van der Waals surface area contributed by atoms with E-state index in [0.29, 0.717) is 24.3 Å². The van der Waals surface area contributed by atoms with Gasteiger partial charge in [-0.1, -0.05) is 57.9 Å². The molecule has 1 unspecified atom stereocenters. The molecule has 0 aliphatic carbocycles. The topological polar surface area (TPSA) is 57.6 Å². The second-order valence-corrected chi connectivity index (χ2v) is 10.1. The van der Waals surface area contributed by atoms with Gasteiger partial charge in [0.2, 0.25) is 10.0 Å². The first-order valence-corrected chi connectivity index (χ1v) is 11.7. The molecule has 1 aliphatic rings. The minimum absolute atomic E-state index is 0.149. The van der Waals surface area contributed by atoms with Crippen LogP contribution in [0.1, 0.15) is 28.3 Å². The van der Waals surface area contributed by atoms with Crippen LogP contribution in [0.15, 0.2) is 76.1 Å². The Kier molecular flexibility index (Phi) is 5.51. The van der Waals surface area contributed by atoms with Crippen molar-refractivity contribution < 1.29 is 13.5 Å². The van der Waals surface area contributed by atoms with Gasteiger partial charge in [-0.15, -0.1) is 0 Å². The van der Waals surface area contributed by atoms with Crippen molar-refractivity contribution in [1.29, 1.82) is 0 Å². The summed E-state index contributed by atoms with van der Waals surface area (Å²) in [5, 5.41) is 10.1. The van der Waals surface area contributed by atoms with E-state index in [-0.39, 0.29) is 5.75 Å². The number of halogens is 1. The van der Waals surface area contributed by atoms with Crippen molar-refractivity contribution in [2.24, 2.45) is 0 Å². The van der Waals surface area contributed by atoms with E-state index in [1.54, 1.807) is 28.6 Å². The molecule has 4 nitrogen and oxygen atoms in total. The predicted octanol–water partition coefficient (Wildman–Crippen LogP) is 4.99. The van der Waals surface area contributed by atoms with E-state index in [1.807, 2.05) is 49.4 Å². The van der Waals surface area contributed by atoms with Gasteiger partial charge in [0.1, 0.15) is 5.75 Å². The normalized spacial score (nSPS) is 17.1. The van der Waals surface area contributed by atoms with Gasteiger partial charge in [0.25, 0.3) is 0 Å². The van der Waals surface area contributed by atoms with Gasteiger partial charge in [0.15, 0.2) is 0 Å². The summed E-state index contributed by atoms with van der Waals surface area (Å²) in [4.78, 5) is 0.295. The van der Waals surface area contributed by atoms with Crippen LogP contribution < -0.4 is 0 Å². The van der Waals surface area contributed by atoms with Crippen LogP contribution in [-0.2, 0) is 22.9 Å². The van der Waals surface area contributed by atoms with Crippen LogP contribution in [0.3, 0.4) is 0 Å². The number of nitrogens with zero attached hydrogens (tertiary/aromatic N) is 1. The zero-order valence-electron chi connectivity index (χ0n) is 16.0. The molecule has 0 fully saturated rings. The third kappa shape index (κ3) is 3.97. The maximum atomic E-state index is 13.5. The highest BCUT2D eigenvalue weighted by Crippen LogP contribution is 2.39. The van der Waals surface area contributed by atoms with Crippen LogP contribution in [0, 0.1) is 6.92 Å². The number of benzene rings is 3. The summed E-state index contributed by atoms with van der Waals surface area (Å²) in [6, 6.07) is 19.7. The van der Waals surface area contributed by atoms with Gasteiger partial charge in [-0.25, -0.2) is 8.42 Å². The molecule has 4 rings (SSSR count). The molecule has 1 aliphatic heterocycles. The monoisotopic (exact) mass is 471 g/mol. The number of phenolic OH excluding ortho intramolecular Hbond substituents is 1. The van der Waals surface area contributed by atoms with Crippen LogP contribution in [-0.4, -0.2) is 24.4 Å². The van der Waals surface area contributed by atoms with Gasteiger partial charge in [-0.3, -0.25) is 0 Å². The summed E-state index contributed by atoms with van der Waals surface area (Å²) < 4.78 is 29.6. The van der Waals surface area contributed by atoms with Crippen molar-refractivity contribution in [1.82, 2.24) is 4.31 Å². The Bertz CT molecular complexity index is 1140. The zero-order valence-corrected chi connectivity index (χ0v) is 18.4. The first-order valence-electron chi connectivity index (χ1n) is 9.50. The van der Waals surface area contributed by atoms with Crippen molar-refractivity contribution in [2.75, 3.05) is 6.54 Å². The van der Waals surface area contributed by atoms with Gasteiger partial charge in [-0.2, -0.15) is 4.31 Å². The minimum atomic E-state index is -3.68. The Hall–Kier alpha value is -2.15. The van der Waals surface area contributed by atoms with E-state index in [4.69, 9.17) is 0 Å². The first-order chi connectivity index (χ1) is 13.9. The van der Waals surface area contributed by atoms with E-state index in [0.717, 1.165) is 26.7 Å². The van der Waals surface area contributed by atoms with Gasteiger partial charge >= 0.3 is 0 Å². The Labute approximate surface area is 180 Å². The zero-order chi connectivity index (χ0) is 20.6. The van der Waals surface area contributed by atoms with Gasteiger partial charge in [0.05, 0.1) is 10.9 Å². The number of phenols is 1. The predicted molar refractivity (Wildman–Crippen MR) is 117 cm³/mol. The Balaban J connectivity index is 1.81. The molecule has 0 saturated carbocycles. The SMILES string of the molecule is Cc1ccc(S(=O)(=O)N2CCc3ccc(O)cc3C2Cc2ccccc2Br)cc1. The molecule has 3 aromatic rings. The van der Waals surface area contributed by atoms with Gasteiger partial charge in [0, 0.05) is 11.0 Å². The third-order valence-electron chi connectivity index (χ3n) is 5.44. The molecular weight excluding hydrogens is 450 g/mol. The maximum absolute atomic E-state index is 13.5. The molecule has 1 heterocycles. The summed E-state index contributed by atoms with van der Waals surface area (Å²) >= 11 is 3.58. The Morgan fingerprint density at radius 3 is 2.52 bits per heavy atom. The maximum Gasteiger partial charge on any atom is 0.243 e. The van der Waals surface area contributed by atoms with Crippen molar-refractivity contribution >= 4 is 26.0 Å². The summed E-state index contributed by atoms with van der Waals surface area (Å²) in [7, 11) is -3.68. The first kappa shape index (κ1) is 20.1. The number of aromatic hydroxyl groups is 1. The van der Waals surface area contributed by atoms with E-state index < -0.39 is 16.1 Å². The van der Waals surface area contributed by atoms with E-state index >= 15 is 0 Å². The fourth-order valence-corrected chi connectivity index (χ4v) is 5.93. The van der Waals surface area contributed by atoms with Crippen LogP contribution in [0.25, 0.3) is 0 Å². The molecule has 0 aromatic heterocycles. The third-order valence-corrected chi connectivity index (χ3v) is 8.13. The molecule has 0 saturated heterocycles. The highest BCUT2D eigenvalue weighted by Gasteiger charge is 2.36. The van der Waals surface area contributed by atoms with Crippen molar-refractivity contribution in [3.05, 3.63) is 93.5 Å². The van der Waals surface area contributed by atoms with Crippen LogP contribution in [0.2, 0.25) is 0 Å². The number of fused-ring (bicyclic) bond motifs is 1. The van der Waals surface area contributed by atoms with E-state index in [2.05, 4.69) is 15.9 Å². The summed E-state index contributed by atoms with van der Waals surface area (Å²) in [6.07, 6.45) is 1.14. The van der Waals surface area contributed by atoms with Crippen molar-refractivity contribution in [2.45, 2.75) is 30.7 Å². The molecule has 1 atom stereocenters. The number of sulfonamides is 1. The molecule has 1 N–H and O–H groups in total. The quantitative estimate of drug-likeness (QED) is 0.582. The average Bonchev–Trinajstić information content (AvgIpc) is 2.70. The van der Waals surface area contributed by atoms with Crippen LogP contribution >= 0.6 is 15.9 Å². The second-order valence-electron chi connectivity index (χ2n) is 7.37. The molecule has 0 amide bonds. The number of hydrogen-bond acceptors (Lipinski definition) is 3. The lowest BCUT2D eigenvalue weighted by molar-refractivity contribution is 0.304.